The molecule has 2 aromatic heterocycles. The van der Waals surface area contributed by atoms with Crippen LogP contribution in [0.25, 0.3) is 0 Å². The fourth-order valence-corrected chi connectivity index (χ4v) is 5.95. The summed E-state index contributed by atoms with van der Waals surface area (Å²) >= 11 is 0. The molecule has 3 aromatic carbocycles. The van der Waals surface area contributed by atoms with E-state index in [2.05, 4.69) is 4.98 Å². The van der Waals surface area contributed by atoms with Gasteiger partial charge in [0.2, 0.25) is 15.0 Å². The first-order chi connectivity index (χ1) is 19.4. The van der Waals surface area contributed by atoms with Crippen LogP contribution in [0.15, 0.2) is 119 Å². The van der Waals surface area contributed by atoms with Crippen molar-refractivity contribution in [1.82, 2.24) is 14.5 Å². The SMILES string of the molecule is COc1ccc(C(=O)N(Cc2ccco2)Cc2cnc(S(=O)(=O)Cc3ccccc3)n2Cc2ccccc2)cc1. The second-order valence-electron chi connectivity index (χ2n) is 9.32. The summed E-state index contributed by atoms with van der Waals surface area (Å²) in [5.74, 6) is 0.830. The highest BCUT2D eigenvalue weighted by Gasteiger charge is 2.26. The molecule has 0 atom stereocenters. The number of sulfone groups is 1. The molecule has 2 heterocycles. The second kappa shape index (κ2) is 12.0. The van der Waals surface area contributed by atoms with Crippen molar-refractivity contribution < 1.29 is 22.4 Å². The van der Waals surface area contributed by atoms with Crippen molar-refractivity contribution in [2.75, 3.05) is 7.11 Å². The van der Waals surface area contributed by atoms with E-state index in [0.29, 0.717) is 28.3 Å². The van der Waals surface area contributed by atoms with E-state index in [1.54, 1.807) is 71.4 Å². The van der Waals surface area contributed by atoms with Gasteiger partial charge in [0, 0.05) is 5.56 Å². The van der Waals surface area contributed by atoms with E-state index < -0.39 is 9.84 Å². The molecule has 0 spiro atoms. The zero-order valence-electron chi connectivity index (χ0n) is 22.0. The van der Waals surface area contributed by atoms with Crippen molar-refractivity contribution in [3.8, 4) is 5.75 Å². The zero-order chi connectivity index (χ0) is 28.0. The van der Waals surface area contributed by atoms with E-state index in [4.69, 9.17) is 9.15 Å². The molecular weight excluding hydrogens is 526 g/mol. The molecular formula is C31H29N3O5S. The molecule has 0 unspecified atom stereocenters. The first-order valence-electron chi connectivity index (χ1n) is 12.7. The Kier molecular flexibility index (Phi) is 8.12. The smallest absolute Gasteiger partial charge is 0.254 e. The Morgan fingerprint density at radius 3 is 2.17 bits per heavy atom. The minimum absolute atomic E-state index is 0.0370. The fourth-order valence-electron chi connectivity index (χ4n) is 4.46. The van der Waals surface area contributed by atoms with Gasteiger partial charge in [-0.1, -0.05) is 60.7 Å². The number of benzene rings is 3. The number of aromatic nitrogens is 2. The maximum atomic E-state index is 13.7. The van der Waals surface area contributed by atoms with Gasteiger partial charge in [0.15, 0.2) is 0 Å². The number of hydrogen-bond donors (Lipinski definition) is 0. The monoisotopic (exact) mass is 555 g/mol. The topological polar surface area (TPSA) is 94.6 Å². The van der Waals surface area contributed by atoms with Crippen LogP contribution in [-0.2, 0) is 35.2 Å². The summed E-state index contributed by atoms with van der Waals surface area (Å²) in [6, 6.07) is 29.0. The molecule has 5 rings (SSSR count). The van der Waals surface area contributed by atoms with Crippen LogP contribution in [0.1, 0.15) is 32.9 Å². The molecule has 0 bridgehead atoms. The van der Waals surface area contributed by atoms with E-state index in [0.717, 1.165) is 5.56 Å². The standard InChI is InChI=1S/C31H29N3O5S/c1-38-28-16-14-26(15-17-28)30(35)33(22-29-13-8-18-39-29)21-27-19-32-31(34(27)20-24-9-4-2-5-10-24)40(36,37)23-25-11-6-3-7-12-25/h2-19H,20-23H2,1H3. The molecule has 9 heteroatoms. The lowest BCUT2D eigenvalue weighted by molar-refractivity contribution is 0.0713. The van der Waals surface area contributed by atoms with Crippen LogP contribution in [0.4, 0.5) is 0 Å². The van der Waals surface area contributed by atoms with Crippen molar-refractivity contribution in [3.05, 3.63) is 138 Å². The summed E-state index contributed by atoms with van der Waals surface area (Å²) < 4.78 is 39.6. The van der Waals surface area contributed by atoms with Crippen LogP contribution in [0.3, 0.4) is 0 Å². The van der Waals surface area contributed by atoms with Crippen molar-refractivity contribution in [2.45, 2.75) is 30.5 Å². The van der Waals surface area contributed by atoms with Gasteiger partial charge in [-0.3, -0.25) is 4.79 Å². The van der Waals surface area contributed by atoms with Crippen molar-refractivity contribution >= 4 is 15.7 Å². The molecule has 0 aliphatic carbocycles. The van der Waals surface area contributed by atoms with Crippen molar-refractivity contribution in [2.24, 2.45) is 0 Å². The van der Waals surface area contributed by atoms with Crippen LogP contribution in [0.5, 0.6) is 5.75 Å². The molecule has 8 nitrogen and oxygen atoms in total. The van der Waals surface area contributed by atoms with Gasteiger partial charge >= 0.3 is 0 Å². The first kappa shape index (κ1) is 27.0. The molecule has 5 aromatic rings. The Labute approximate surface area is 233 Å². The van der Waals surface area contributed by atoms with Gasteiger partial charge < -0.3 is 18.6 Å². The van der Waals surface area contributed by atoms with E-state index >= 15 is 0 Å². The van der Waals surface area contributed by atoms with Gasteiger partial charge in [-0.2, -0.15) is 0 Å². The highest BCUT2D eigenvalue weighted by Crippen LogP contribution is 2.23. The van der Waals surface area contributed by atoms with Crippen LogP contribution in [0, 0.1) is 0 Å². The van der Waals surface area contributed by atoms with Gasteiger partial charge in [-0.25, -0.2) is 13.4 Å². The number of imidazole rings is 1. The van der Waals surface area contributed by atoms with Crippen molar-refractivity contribution in [1.29, 1.82) is 0 Å². The van der Waals surface area contributed by atoms with Crippen LogP contribution in [0.2, 0.25) is 0 Å². The normalized spacial score (nSPS) is 11.3. The number of rotatable bonds is 11. The third-order valence-electron chi connectivity index (χ3n) is 6.47. The molecule has 0 aliphatic heterocycles. The number of nitrogens with zero attached hydrogens (tertiary/aromatic N) is 3. The summed E-state index contributed by atoms with van der Waals surface area (Å²) in [7, 11) is -2.23. The molecule has 0 saturated carbocycles. The van der Waals surface area contributed by atoms with Crippen LogP contribution < -0.4 is 4.74 Å². The molecule has 40 heavy (non-hydrogen) atoms. The predicted molar refractivity (Wildman–Crippen MR) is 150 cm³/mol. The lowest BCUT2D eigenvalue weighted by atomic mass is 10.1. The van der Waals surface area contributed by atoms with E-state index in [-0.39, 0.29) is 36.5 Å². The molecule has 0 saturated heterocycles. The zero-order valence-corrected chi connectivity index (χ0v) is 22.8. The number of ether oxygens (including phenoxy) is 1. The molecule has 0 radical (unpaired) electrons. The number of hydrogen-bond acceptors (Lipinski definition) is 6. The van der Waals surface area contributed by atoms with Gasteiger partial charge in [0.1, 0.15) is 11.5 Å². The van der Waals surface area contributed by atoms with Gasteiger partial charge in [-0.05, 0) is 47.5 Å². The molecule has 204 valence electrons. The average molecular weight is 556 g/mol. The highest BCUT2D eigenvalue weighted by atomic mass is 32.2. The van der Waals surface area contributed by atoms with Gasteiger partial charge in [-0.15, -0.1) is 0 Å². The second-order valence-corrected chi connectivity index (χ2v) is 11.2. The number of furan rings is 1. The third-order valence-corrected chi connectivity index (χ3v) is 8.06. The van der Waals surface area contributed by atoms with E-state index in [1.807, 2.05) is 48.5 Å². The third kappa shape index (κ3) is 6.32. The largest absolute Gasteiger partial charge is 0.497 e. The maximum Gasteiger partial charge on any atom is 0.254 e. The number of methoxy groups -OCH3 is 1. The minimum atomic E-state index is -3.79. The minimum Gasteiger partial charge on any atom is -0.497 e. The van der Waals surface area contributed by atoms with Gasteiger partial charge in [0.25, 0.3) is 5.91 Å². The lowest BCUT2D eigenvalue weighted by Crippen LogP contribution is -2.31. The maximum absolute atomic E-state index is 13.7. The van der Waals surface area contributed by atoms with Crippen LogP contribution in [-0.4, -0.2) is 35.9 Å². The lowest BCUT2D eigenvalue weighted by Gasteiger charge is -2.23. The number of carbonyl (C=O) groups is 1. The summed E-state index contributed by atoms with van der Waals surface area (Å²) in [6.45, 7) is 0.595. The quantitative estimate of drug-likeness (QED) is 0.218. The molecule has 0 aliphatic rings. The predicted octanol–water partition coefficient (Wildman–Crippen LogP) is 5.35. The number of amides is 1. The summed E-state index contributed by atoms with van der Waals surface area (Å²) in [4.78, 5) is 19.7. The summed E-state index contributed by atoms with van der Waals surface area (Å²) in [5, 5.41) is -0.0370. The Hall–Kier alpha value is -4.63. The van der Waals surface area contributed by atoms with E-state index in [1.165, 1.54) is 6.20 Å². The summed E-state index contributed by atoms with van der Waals surface area (Å²) in [5.41, 5.74) is 2.65. The van der Waals surface area contributed by atoms with E-state index in [9.17, 15) is 13.2 Å². The Bertz CT molecular complexity index is 1650. The van der Waals surface area contributed by atoms with Gasteiger partial charge in [0.05, 0.1) is 50.7 Å². The molecule has 0 N–H and O–H groups in total. The Balaban J connectivity index is 1.52. The average Bonchev–Trinajstić information content (AvgIpc) is 3.64. The highest BCUT2D eigenvalue weighted by molar-refractivity contribution is 7.90. The number of carbonyl (C=O) groups excluding carboxylic acids is 1. The summed E-state index contributed by atoms with van der Waals surface area (Å²) in [6.07, 6.45) is 3.09. The molecule has 1 amide bonds. The molecule has 0 fully saturated rings. The van der Waals surface area contributed by atoms with Crippen molar-refractivity contribution in [3.63, 3.8) is 0 Å². The Morgan fingerprint density at radius 1 is 0.875 bits per heavy atom. The first-order valence-corrected chi connectivity index (χ1v) is 14.4. The fraction of sp³-hybridized carbons (Fsp3) is 0.161. The van der Waals surface area contributed by atoms with Crippen LogP contribution >= 0.6 is 0 Å². The Morgan fingerprint density at radius 2 is 1.55 bits per heavy atom.